The average Bonchev–Trinajstić information content (AvgIpc) is 3.51. The Balaban J connectivity index is 1.52. The normalized spacial score (nSPS) is 11.1. The second-order valence-corrected chi connectivity index (χ2v) is 7.07. The highest BCUT2D eigenvalue weighted by Crippen LogP contribution is 2.29. The monoisotopic (exact) mass is 394 g/mol. The number of nitriles is 1. The van der Waals surface area contributed by atoms with Crippen molar-refractivity contribution in [1.29, 1.82) is 5.26 Å². The van der Waals surface area contributed by atoms with Gasteiger partial charge in [-0.05, 0) is 42.3 Å². The van der Waals surface area contributed by atoms with Crippen molar-refractivity contribution in [3.05, 3.63) is 78.1 Å². The minimum absolute atomic E-state index is 0.669. The van der Waals surface area contributed by atoms with Crippen LogP contribution in [-0.4, -0.2) is 34.3 Å². The zero-order valence-corrected chi connectivity index (χ0v) is 16.3. The van der Waals surface area contributed by atoms with Crippen LogP contribution in [0.4, 0.5) is 0 Å². The van der Waals surface area contributed by atoms with Crippen LogP contribution in [0.15, 0.2) is 61.2 Å². The van der Waals surface area contributed by atoms with Gasteiger partial charge < -0.3 is 4.98 Å². The summed E-state index contributed by atoms with van der Waals surface area (Å²) in [6, 6.07) is 15.7. The van der Waals surface area contributed by atoms with Crippen molar-refractivity contribution in [3.8, 4) is 28.7 Å². The van der Waals surface area contributed by atoms with E-state index in [1.54, 1.807) is 9.20 Å². The van der Waals surface area contributed by atoms with Crippen LogP contribution in [0.1, 0.15) is 17.0 Å². The summed E-state index contributed by atoms with van der Waals surface area (Å²) < 4.78 is 3.51. The lowest BCUT2D eigenvalue weighted by atomic mass is 10.1. The van der Waals surface area contributed by atoms with Gasteiger partial charge in [0.1, 0.15) is 17.8 Å². The van der Waals surface area contributed by atoms with Gasteiger partial charge in [-0.1, -0.05) is 12.1 Å². The molecule has 1 aromatic carbocycles. The van der Waals surface area contributed by atoms with Crippen LogP contribution in [0.5, 0.6) is 0 Å². The summed E-state index contributed by atoms with van der Waals surface area (Å²) in [6.45, 7) is 0. The van der Waals surface area contributed by atoms with Gasteiger partial charge in [-0.2, -0.15) is 15.5 Å². The van der Waals surface area contributed by atoms with Crippen molar-refractivity contribution in [2.24, 2.45) is 7.05 Å². The molecule has 0 aliphatic rings. The lowest BCUT2D eigenvalue weighted by Crippen LogP contribution is -1.94. The van der Waals surface area contributed by atoms with Crippen molar-refractivity contribution in [3.63, 3.8) is 0 Å². The van der Waals surface area contributed by atoms with Gasteiger partial charge in [-0.15, -0.1) is 0 Å². The van der Waals surface area contributed by atoms with Crippen LogP contribution < -0.4 is 0 Å². The third kappa shape index (κ3) is 3.33. The summed E-state index contributed by atoms with van der Waals surface area (Å²) in [7, 11) is 1.89. The first kappa shape index (κ1) is 17.8. The molecule has 0 radical (unpaired) electrons. The Kier molecular flexibility index (Phi) is 4.33. The molecule has 0 unspecified atom stereocenters. The van der Waals surface area contributed by atoms with E-state index < -0.39 is 0 Å². The molecular weight excluding hydrogens is 376 g/mol. The van der Waals surface area contributed by atoms with Crippen molar-refractivity contribution in [1.82, 2.24) is 34.3 Å². The summed E-state index contributed by atoms with van der Waals surface area (Å²) >= 11 is 0. The van der Waals surface area contributed by atoms with Gasteiger partial charge in [0, 0.05) is 31.4 Å². The SMILES string of the molecule is Cn1ccc(-c2[nH]c(CCc3cccc(C#N)c3)nc2-c2ccc3ncnn3c2)n1. The van der Waals surface area contributed by atoms with E-state index in [1.807, 2.05) is 61.9 Å². The number of aryl methyl sites for hydroxylation is 3. The number of aromatic amines is 1. The van der Waals surface area contributed by atoms with Crippen LogP contribution in [-0.2, 0) is 19.9 Å². The maximum Gasteiger partial charge on any atom is 0.155 e. The summed E-state index contributed by atoms with van der Waals surface area (Å²) in [4.78, 5) is 12.5. The fourth-order valence-electron chi connectivity index (χ4n) is 3.50. The summed E-state index contributed by atoms with van der Waals surface area (Å²) in [5, 5.41) is 17.9. The molecule has 0 saturated carbocycles. The number of aromatic nitrogens is 7. The van der Waals surface area contributed by atoms with E-state index in [-0.39, 0.29) is 0 Å². The summed E-state index contributed by atoms with van der Waals surface area (Å²) in [5.41, 5.74) is 6.02. The predicted molar refractivity (Wildman–Crippen MR) is 111 cm³/mol. The van der Waals surface area contributed by atoms with E-state index in [2.05, 4.69) is 26.2 Å². The maximum atomic E-state index is 9.11. The number of rotatable bonds is 5. The number of nitrogens with one attached hydrogen (secondary N) is 1. The molecule has 5 aromatic rings. The topological polar surface area (TPSA) is 100 Å². The zero-order valence-electron chi connectivity index (χ0n) is 16.3. The van der Waals surface area contributed by atoms with Gasteiger partial charge in [-0.25, -0.2) is 14.5 Å². The van der Waals surface area contributed by atoms with Crippen LogP contribution >= 0.6 is 0 Å². The number of H-pyrrole nitrogens is 1. The van der Waals surface area contributed by atoms with E-state index in [4.69, 9.17) is 10.2 Å². The van der Waals surface area contributed by atoms with E-state index >= 15 is 0 Å². The smallest absolute Gasteiger partial charge is 0.155 e. The standard InChI is InChI=1S/C22H18N8/c1-29-10-9-18(28-29)22-21(17-6-8-20-24-14-25-30(20)13-17)26-19(27-22)7-5-15-3-2-4-16(11-15)12-23/h2-4,6,8-11,13-14H,5,7H2,1H3,(H,26,27). The van der Waals surface area contributed by atoms with Crippen molar-refractivity contribution < 1.29 is 0 Å². The first-order chi connectivity index (χ1) is 14.7. The molecule has 8 nitrogen and oxygen atoms in total. The number of benzene rings is 1. The third-order valence-corrected chi connectivity index (χ3v) is 4.98. The Morgan fingerprint density at radius 1 is 1.13 bits per heavy atom. The highest BCUT2D eigenvalue weighted by Gasteiger charge is 2.17. The van der Waals surface area contributed by atoms with E-state index in [0.717, 1.165) is 52.5 Å². The van der Waals surface area contributed by atoms with Gasteiger partial charge in [-0.3, -0.25) is 4.68 Å². The molecule has 8 heteroatoms. The molecule has 0 saturated heterocycles. The molecule has 4 heterocycles. The zero-order chi connectivity index (χ0) is 20.5. The number of nitrogens with zero attached hydrogens (tertiary/aromatic N) is 7. The highest BCUT2D eigenvalue weighted by molar-refractivity contribution is 5.76. The fraction of sp³-hybridized carbons (Fsp3) is 0.136. The van der Waals surface area contributed by atoms with E-state index in [9.17, 15) is 0 Å². The Morgan fingerprint density at radius 3 is 2.90 bits per heavy atom. The maximum absolute atomic E-state index is 9.11. The van der Waals surface area contributed by atoms with Gasteiger partial charge in [0.05, 0.1) is 23.0 Å². The molecule has 0 atom stereocenters. The van der Waals surface area contributed by atoms with Gasteiger partial charge >= 0.3 is 0 Å². The second-order valence-electron chi connectivity index (χ2n) is 7.07. The molecule has 0 fully saturated rings. The van der Waals surface area contributed by atoms with Gasteiger partial charge in [0.2, 0.25) is 0 Å². The van der Waals surface area contributed by atoms with Gasteiger partial charge in [0.15, 0.2) is 5.65 Å². The minimum Gasteiger partial charge on any atom is -0.340 e. The number of hydrogen-bond donors (Lipinski definition) is 1. The van der Waals surface area contributed by atoms with E-state index in [1.165, 1.54) is 6.33 Å². The van der Waals surface area contributed by atoms with Crippen LogP contribution in [0.25, 0.3) is 28.3 Å². The average molecular weight is 394 g/mol. The fourth-order valence-corrected chi connectivity index (χ4v) is 3.50. The minimum atomic E-state index is 0.669. The molecule has 1 N–H and O–H groups in total. The molecule has 0 bridgehead atoms. The number of imidazole rings is 1. The van der Waals surface area contributed by atoms with Crippen molar-refractivity contribution in [2.75, 3.05) is 0 Å². The molecule has 0 amide bonds. The summed E-state index contributed by atoms with van der Waals surface area (Å²) in [5.74, 6) is 0.867. The highest BCUT2D eigenvalue weighted by atomic mass is 15.3. The quantitative estimate of drug-likeness (QED) is 0.493. The first-order valence-corrected chi connectivity index (χ1v) is 9.57. The summed E-state index contributed by atoms with van der Waals surface area (Å²) in [6.07, 6.45) is 6.87. The molecule has 4 aromatic heterocycles. The van der Waals surface area contributed by atoms with E-state index in [0.29, 0.717) is 5.56 Å². The van der Waals surface area contributed by atoms with Gasteiger partial charge in [0.25, 0.3) is 0 Å². The van der Waals surface area contributed by atoms with Crippen molar-refractivity contribution >= 4 is 5.65 Å². The molecule has 0 spiro atoms. The number of fused-ring (bicyclic) bond motifs is 1. The molecular formula is C22H18N8. The Bertz CT molecular complexity index is 1380. The second kappa shape index (κ2) is 7.29. The largest absolute Gasteiger partial charge is 0.340 e. The molecule has 5 rings (SSSR count). The first-order valence-electron chi connectivity index (χ1n) is 9.57. The lowest BCUT2D eigenvalue weighted by molar-refractivity contribution is 0.770. The van der Waals surface area contributed by atoms with Crippen LogP contribution in [0.3, 0.4) is 0 Å². The third-order valence-electron chi connectivity index (χ3n) is 4.98. The van der Waals surface area contributed by atoms with Crippen LogP contribution in [0.2, 0.25) is 0 Å². The lowest BCUT2D eigenvalue weighted by Gasteiger charge is -2.01. The Morgan fingerprint density at radius 2 is 2.07 bits per heavy atom. The van der Waals surface area contributed by atoms with Crippen LogP contribution in [0, 0.1) is 11.3 Å². The molecule has 0 aliphatic heterocycles. The Labute approximate surface area is 172 Å². The number of hydrogen-bond acceptors (Lipinski definition) is 5. The predicted octanol–water partition coefficient (Wildman–Crippen LogP) is 3.18. The molecule has 30 heavy (non-hydrogen) atoms. The number of pyridine rings is 1. The molecule has 146 valence electrons. The van der Waals surface area contributed by atoms with Crippen molar-refractivity contribution in [2.45, 2.75) is 12.8 Å². The molecule has 0 aliphatic carbocycles. The Hall–Kier alpha value is -4.25.